The Kier molecular flexibility index (Phi) is 5.99. The van der Waals surface area contributed by atoms with Gasteiger partial charge in [-0.2, -0.15) is 0 Å². The van der Waals surface area contributed by atoms with E-state index in [1.165, 1.54) is 4.90 Å². The lowest BCUT2D eigenvalue weighted by Crippen LogP contribution is -2.29. The molecule has 8 nitrogen and oxygen atoms in total. The molecule has 0 radical (unpaired) electrons. The van der Waals surface area contributed by atoms with Crippen LogP contribution in [0.4, 0.5) is 5.82 Å². The highest BCUT2D eigenvalue weighted by molar-refractivity contribution is 6.51. The molecule has 168 valence electrons. The van der Waals surface area contributed by atoms with Crippen LogP contribution in [-0.4, -0.2) is 35.7 Å². The summed E-state index contributed by atoms with van der Waals surface area (Å²) in [5, 5.41) is 15.1. The van der Waals surface area contributed by atoms with E-state index in [-0.39, 0.29) is 17.2 Å². The summed E-state index contributed by atoms with van der Waals surface area (Å²) in [5.74, 6) is -0.0670. The topological polar surface area (TPSA) is 102 Å². The first kappa shape index (κ1) is 21.9. The van der Waals surface area contributed by atoms with E-state index in [1.54, 1.807) is 74.7 Å². The van der Waals surface area contributed by atoms with Crippen LogP contribution in [0.15, 0.2) is 77.3 Å². The molecule has 1 fully saturated rings. The highest BCUT2D eigenvalue weighted by atomic mass is 16.5. The highest BCUT2D eigenvalue weighted by Gasteiger charge is 2.48. The van der Waals surface area contributed by atoms with Gasteiger partial charge in [0.15, 0.2) is 5.82 Å². The molecule has 8 heteroatoms. The van der Waals surface area contributed by atoms with E-state index >= 15 is 0 Å². The summed E-state index contributed by atoms with van der Waals surface area (Å²) in [5.41, 5.74) is 0.919. The predicted molar refractivity (Wildman–Crippen MR) is 121 cm³/mol. The van der Waals surface area contributed by atoms with Gasteiger partial charge in [-0.25, -0.2) is 0 Å². The molecule has 0 saturated carbocycles. The van der Waals surface area contributed by atoms with E-state index in [2.05, 4.69) is 11.7 Å². The number of ketones is 1. The van der Waals surface area contributed by atoms with Gasteiger partial charge in [0.1, 0.15) is 29.6 Å². The van der Waals surface area contributed by atoms with Crippen LogP contribution in [0.5, 0.6) is 11.5 Å². The number of amides is 1. The number of hydrogen-bond acceptors (Lipinski definition) is 7. The minimum absolute atomic E-state index is 0.0504. The normalized spacial score (nSPS) is 17.3. The molecular weight excluding hydrogens is 424 g/mol. The van der Waals surface area contributed by atoms with Crippen molar-refractivity contribution >= 4 is 23.3 Å². The Morgan fingerprint density at radius 1 is 1.15 bits per heavy atom. The molecule has 1 saturated heterocycles. The van der Waals surface area contributed by atoms with E-state index < -0.39 is 17.7 Å². The van der Waals surface area contributed by atoms with Crippen molar-refractivity contribution in [2.75, 3.05) is 18.6 Å². The average Bonchev–Trinajstić information content (AvgIpc) is 3.38. The Morgan fingerprint density at radius 2 is 1.82 bits per heavy atom. The van der Waals surface area contributed by atoms with Crippen molar-refractivity contribution in [2.45, 2.75) is 13.0 Å². The number of carbonyl (C=O) groups is 2. The average molecular weight is 446 g/mol. The number of rotatable bonds is 7. The number of nitrogens with zero attached hydrogens (tertiary/aromatic N) is 2. The number of anilines is 1. The zero-order valence-electron chi connectivity index (χ0n) is 18.1. The maximum atomic E-state index is 13.1. The number of carbonyl (C=O) groups excluding carboxylic acids is 2. The molecule has 4 rings (SSSR count). The molecule has 0 aliphatic carbocycles. The van der Waals surface area contributed by atoms with Crippen LogP contribution in [0.25, 0.3) is 5.76 Å². The van der Waals surface area contributed by atoms with Gasteiger partial charge in [0.2, 0.25) is 0 Å². The molecule has 2 heterocycles. The first-order chi connectivity index (χ1) is 15.9. The summed E-state index contributed by atoms with van der Waals surface area (Å²) in [7, 11) is 1.54. The van der Waals surface area contributed by atoms with Gasteiger partial charge in [-0.15, -0.1) is 0 Å². The molecule has 1 aromatic heterocycles. The lowest BCUT2D eigenvalue weighted by molar-refractivity contribution is -0.132. The third-order valence-electron chi connectivity index (χ3n) is 5.23. The van der Waals surface area contributed by atoms with Gasteiger partial charge in [-0.05, 0) is 48.9 Å². The maximum absolute atomic E-state index is 13.1. The molecule has 1 atom stereocenters. The minimum Gasteiger partial charge on any atom is -0.507 e. The molecular formula is C25H22N2O6. The Balaban J connectivity index is 1.83. The highest BCUT2D eigenvalue weighted by Crippen LogP contribution is 2.42. The summed E-state index contributed by atoms with van der Waals surface area (Å²) >= 11 is 0. The first-order valence-electron chi connectivity index (χ1n) is 10.2. The number of aliphatic hydroxyl groups excluding tert-OH is 1. The molecule has 1 amide bonds. The Labute approximate surface area is 190 Å². The molecule has 0 bridgehead atoms. The van der Waals surface area contributed by atoms with Crippen LogP contribution < -0.4 is 14.4 Å². The summed E-state index contributed by atoms with van der Waals surface area (Å²) in [6, 6.07) is 14.1. The predicted octanol–water partition coefficient (Wildman–Crippen LogP) is 4.18. The molecule has 3 aromatic rings. The van der Waals surface area contributed by atoms with E-state index in [0.717, 1.165) is 0 Å². The Morgan fingerprint density at radius 3 is 2.39 bits per heavy atom. The van der Waals surface area contributed by atoms with Gasteiger partial charge in [-0.3, -0.25) is 14.5 Å². The van der Waals surface area contributed by atoms with E-state index in [0.29, 0.717) is 35.0 Å². The third-order valence-corrected chi connectivity index (χ3v) is 5.23. The Hall–Kier alpha value is -4.33. The van der Waals surface area contributed by atoms with Crippen LogP contribution in [0, 0.1) is 6.92 Å². The number of aryl methyl sites for hydroxylation is 1. The second kappa shape index (κ2) is 9.04. The molecule has 1 aliphatic heterocycles. The standard InChI is InChI=1S/C25H22N2O6/c1-4-13-32-19-11-7-17(8-12-19)23(28)21-22(16-5-9-18(31-3)10-6-16)27(25(30)24(21)29)20-14-15(2)33-26-20/h4-12,14,22,28H,1,13H2,2-3H3/t22-/m1/s1. The minimum atomic E-state index is -0.905. The summed E-state index contributed by atoms with van der Waals surface area (Å²) in [4.78, 5) is 27.4. The van der Waals surface area contributed by atoms with Gasteiger partial charge >= 0.3 is 5.91 Å². The lowest BCUT2D eigenvalue weighted by atomic mass is 9.95. The van der Waals surface area contributed by atoms with E-state index in [9.17, 15) is 14.7 Å². The summed E-state index contributed by atoms with van der Waals surface area (Å²) < 4.78 is 15.8. The van der Waals surface area contributed by atoms with Gasteiger partial charge in [-0.1, -0.05) is 29.9 Å². The quantitative estimate of drug-likeness (QED) is 0.251. The smallest absolute Gasteiger partial charge is 0.301 e. The Bertz CT molecular complexity index is 1220. The first-order valence-corrected chi connectivity index (χ1v) is 10.2. The molecule has 1 aliphatic rings. The zero-order valence-corrected chi connectivity index (χ0v) is 18.1. The monoisotopic (exact) mass is 446 g/mol. The van der Waals surface area contributed by atoms with E-state index in [1.807, 2.05) is 0 Å². The lowest BCUT2D eigenvalue weighted by Gasteiger charge is -2.23. The van der Waals surface area contributed by atoms with Crippen LogP contribution in [0.2, 0.25) is 0 Å². The number of ether oxygens (including phenoxy) is 2. The summed E-state index contributed by atoms with van der Waals surface area (Å²) in [6.07, 6.45) is 1.62. The number of methoxy groups -OCH3 is 1. The third kappa shape index (κ3) is 4.10. The van der Waals surface area contributed by atoms with Crippen molar-refractivity contribution in [3.63, 3.8) is 0 Å². The van der Waals surface area contributed by atoms with Crippen molar-refractivity contribution in [2.24, 2.45) is 0 Å². The van der Waals surface area contributed by atoms with Crippen LogP contribution in [0.3, 0.4) is 0 Å². The van der Waals surface area contributed by atoms with Crippen LogP contribution in [-0.2, 0) is 9.59 Å². The SMILES string of the molecule is C=CCOc1ccc(C(O)=C2C(=O)C(=O)N(c3cc(C)on3)[C@@H]2c2ccc(OC)cc2)cc1. The fourth-order valence-electron chi connectivity index (χ4n) is 3.66. The van der Waals surface area contributed by atoms with Crippen molar-refractivity contribution in [3.8, 4) is 11.5 Å². The second-order valence-corrected chi connectivity index (χ2v) is 7.36. The molecule has 0 spiro atoms. The van der Waals surface area contributed by atoms with Crippen LogP contribution in [0.1, 0.15) is 22.9 Å². The largest absolute Gasteiger partial charge is 0.507 e. The van der Waals surface area contributed by atoms with Crippen molar-refractivity contribution in [1.82, 2.24) is 5.16 Å². The summed E-state index contributed by atoms with van der Waals surface area (Å²) in [6.45, 7) is 5.63. The number of aliphatic hydroxyl groups is 1. The molecule has 1 N–H and O–H groups in total. The fourth-order valence-corrected chi connectivity index (χ4v) is 3.66. The molecule has 2 aromatic carbocycles. The van der Waals surface area contributed by atoms with E-state index in [4.69, 9.17) is 14.0 Å². The van der Waals surface area contributed by atoms with Crippen molar-refractivity contribution < 1.29 is 28.7 Å². The number of hydrogen-bond donors (Lipinski definition) is 1. The van der Waals surface area contributed by atoms with Gasteiger partial charge in [0.25, 0.3) is 5.78 Å². The second-order valence-electron chi connectivity index (χ2n) is 7.36. The fraction of sp³-hybridized carbons (Fsp3) is 0.160. The van der Waals surface area contributed by atoms with Gasteiger partial charge in [0, 0.05) is 11.6 Å². The molecule has 33 heavy (non-hydrogen) atoms. The van der Waals surface area contributed by atoms with Crippen molar-refractivity contribution in [3.05, 3.63) is 89.7 Å². The van der Waals surface area contributed by atoms with Crippen LogP contribution >= 0.6 is 0 Å². The van der Waals surface area contributed by atoms with Crippen molar-refractivity contribution in [1.29, 1.82) is 0 Å². The zero-order chi connectivity index (χ0) is 23.5. The van der Waals surface area contributed by atoms with Gasteiger partial charge < -0.3 is 19.1 Å². The number of benzene rings is 2. The number of Topliss-reactive ketones (excluding diaryl/α,β-unsaturated/α-hetero) is 1. The maximum Gasteiger partial charge on any atom is 0.301 e. The molecule has 0 unspecified atom stereocenters. The van der Waals surface area contributed by atoms with Gasteiger partial charge in [0.05, 0.1) is 18.7 Å². The number of aromatic nitrogens is 1.